The molecule has 0 amide bonds. The molecule has 0 radical (unpaired) electrons. The molecule has 2 aromatic rings. The van der Waals surface area contributed by atoms with Crippen LogP contribution in [0.2, 0.25) is 0 Å². The van der Waals surface area contributed by atoms with E-state index in [4.69, 9.17) is 23.7 Å². The van der Waals surface area contributed by atoms with Gasteiger partial charge in [-0.1, -0.05) is 19.1 Å². The Morgan fingerprint density at radius 3 is 2.57 bits per heavy atom. The predicted molar refractivity (Wildman–Crippen MR) is 103 cm³/mol. The number of rotatable bonds is 3. The van der Waals surface area contributed by atoms with Crippen LogP contribution in [0.5, 0.6) is 23.0 Å². The summed E-state index contributed by atoms with van der Waals surface area (Å²) in [5.74, 6) is 3.68. The summed E-state index contributed by atoms with van der Waals surface area (Å²) in [6.45, 7) is 5.75. The Bertz CT molecular complexity index is 864. The van der Waals surface area contributed by atoms with Crippen molar-refractivity contribution in [1.29, 1.82) is 0 Å². The Hall–Kier alpha value is -2.44. The molecule has 0 unspecified atom stereocenters. The lowest BCUT2D eigenvalue weighted by atomic mass is 9.78. The monoisotopic (exact) mass is 383 g/mol. The quantitative estimate of drug-likeness (QED) is 0.811. The van der Waals surface area contributed by atoms with Gasteiger partial charge in [-0.05, 0) is 23.8 Å². The maximum Gasteiger partial charge on any atom is 0.231 e. The van der Waals surface area contributed by atoms with Gasteiger partial charge in [-0.3, -0.25) is 4.90 Å². The van der Waals surface area contributed by atoms with Crippen LogP contribution in [0.25, 0.3) is 0 Å². The van der Waals surface area contributed by atoms with Crippen LogP contribution in [0.15, 0.2) is 36.4 Å². The number of nitrogens with zero attached hydrogens (tertiary/aromatic N) is 1. The van der Waals surface area contributed by atoms with E-state index in [-0.39, 0.29) is 24.9 Å². The minimum atomic E-state index is -0.0204. The highest BCUT2D eigenvalue weighted by molar-refractivity contribution is 5.56. The number of benzene rings is 2. The second-order valence-electron chi connectivity index (χ2n) is 7.51. The summed E-state index contributed by atoms with van der Waals surface area (Å²) >= 11 is 0. The van der Waals surface area contributed by atoms with Crippen LogP contribution in [0.1, 0.15) is 24.0 Å². The molecule has 0 N–H and O–H groups in total. The van der Waals surface area contributed by atoms with Gasteiger partial charge in [-0.15, -0.1) is 0 Å². The summed E-state index contributed by atoms with van der Waals surface area (Å²) in [7, 11) is 1.70. The highest BCUT2D eigenvalue weighted by Crippen LogP contribution is 2.50. The van der Waals surface area contributed by atoms with Gasteiger partial charge in [0.2, 0.25) is 6.79 Å². The summed E-state index contributed by atoms with van der Waals surface area (Å²) < 4.78 is 28.8. The summed E-state index contributed by atoms with van der Waals surface area (Å²) in [5.41, 5.74) is 2.35. The van der Waals surface area contributed by atoms with E-state index in [1.165, 1.54) is 5.56 Å². The van der Waals surface area contributed by atoms with Gasteiger partial charge in [0.1, 0.15) is 11.5 Å². The molecule has 3 atom stereocenters. The third-order valence-electron chi connectivity index (χ3n) is 5.92. The molecular formula is C22H25NO5. The third kappa shape index (κ3) is 2.97. The molecular weight excluding hydrogens is 358 g/mol. The minimum absolute atomic E-state index is 0.0204. The highest BCUT2D eigenvalue weighted by Gasteiger charge is 2.41. The van der Waals surface area contributed by atoms with E-state index in [2.05, 4.69) is 30.0 Å². The number of methoxy groups -OCH3 is 1. The fraction of sp³-hybridized carbons (Fsp3) is 0.455. The van der Waals surface area contributed by atoms with Gasteiger partial charge in [0.05, 0.1) is 20.3 Å². The van der Waals surface area contributed by atoms with E-state index in [1.54, 1.807) is 7.11 Å². The average Bonchev–Trinajstić information content (AvgIpc) is 3.20. The van der Waals surface area contributed by atoms with Crippen molar-refractivity contribution in [1.82, 2.24) is 4.90 Å². The predicted octanol–water partition coefficient (Wildman–Crippen LogP) is 3.24. The van der Waals surface area contributed by atoms with Gasteiger partial charge in [0.15, 0.2) is 17.7 Å². The molecule has 3 aliphatic rings. The molecule has 28 heavy (non-hydrogen) atoms. The molecule has 6 heteroatoms. The van der Waals surface area contributed by atoms with Gasteiger partial charge >= 0.3 is 0 Å². The first kappa shape index (κ1) is 17.6. The highest BCUT2D eigenvalue weighted by atomic mass is 16.7. The first-order chi connectivity index (χ1) is 13.7. The zero-order valence-electron chi connectivity index (χ0n) is 16.2. The normalized spacial score (nSPS) is 26.4. The van der Waals surface area contributed by atoms with Crippen molar-refractivity contribution in [3.8, 4) is 23.0 Å². The van der Waals surface area contributed by atoms with Gasteiger partial charge < -0.3 is 23.7 Å². The Labute approximate surface area is 164 Å². The van der Waals surface area contributed by atoms with Crippen molar-refractivity contribution >= 4 is 0 Å². The Morgan fingerprint density at radius 1 is 1.00 bits per heavy atom. The number of fused-ring (bicyclic) bond motifs is 2. The van der Waals surface area contributed by atoms with Gasteiger partial charge in [0.25, 0.3) is 0 Å². The van der Waals surface area contributed by atoms with Crippen molar-refractivity contribution in [3.63, 3.8) is 0 Å². The number of ether oxygens (including phenoxy) is 5. The standard InChI is InChI=1S/C22H25NO5/c1-14-21(15-4-3-5-16(10-15)24-2)17-11-19-20(27-13-26-19)12-18(17)28-22(14)23-6-8-25-9-7-23/h3-5,10-12,14,21-22H,6-9,13H2,1-2H3/t14-,21+,22-/m0/s1. The zero-order valence-corrected chi connectivity index (χ0v) is 16.2. The van der Waals surface area contributed by atoms with Crippen LogP contribution in [0, 0.1) is 5.92 Å². The third-order valence-corrected chi connectivity index (χ3v) is 5.92. The molecule has 0 saturated carbocycles. The molecule has 1 fully saturated rings. The van der Waals surface area contributed by atoms with Gasteiger partial charge in [-0.25, -0.2) is 0 Å². The first-order valence-corrected chi connectivity index (χ1v) is 9.80. The molecule has 3 heterocycles. The molecule has 5 rings (SSSR count). The smallest absolute Gasteiger partial charge is 0.231 e. The Balaban J connectivity index is 1.60. The van der Waals surface area contributed by atoms with Crippen LogP contribution in [-0.4, -0.2) is 51.3 Å². The second kappa shape index (κ2) is 7.18. The largest absolute Gasteiger partial charge is 0.497 e. The zero-order chi connectivity index (χ0) is 19.1. The van der Waals surface area contributed by atoms with Crippen molar-refractivity contribution < 1.29 is 23.7 Å². The molecule has 1 saturated heterocycles. The van der Waals surface area contributed by atoms with E-state index >= 15 is 0 Å². The lowest BCUT2D eigenvalue weighted by Crippen LogP contribution is -2.52. The van der Waals surface area contributed by atoms with E-state index in [0.29, 0.717) is 0 Å². The van der Waals surface area contributed by atoms with Crippen molar-refractivity contribution in [2.45, 2.75) is 19.1 Å². The second-order valence-corrected chi connectivity index (χ2v) is 7.51. The summed E-state index contributed by atoms with van der Waals surface area (Å²) in [5, 5.41) is 0. The van der Waals surface area contributed by atoms with Crippen LogP contribution in [0.3, 0.4) is 0 Å². The number of morpholine rings is 1. The SMILES string of the molecule is COc1cccc([C@@H]2c3cc4c(cc3O[C@H](N3CCOCC3)[C@H]2C)OCO4)c1. The maximum absolute atomic E-state index is 6.52. The average molecular weight is 383 g/mol. The fourth-order valence-electron chi connectivity index (χ4n) is 4.53. The topological polar surface area (TPSA) is 49.4 Å². The fourth-order valence-corrected chi connectivity index (χ4v) is 4.53. The van der Waals surface area contributed by atoms with Crippen LogP contribution >= 0.6 is 0 Å². The van der Waals surface area contributed by atoms with E-state index < -0.39 is 0 Å². The molecule has 6 nitrogen and oxygen atoms in total. The molecule has 0 spiro atoms. The molecule has 3 aliphatic heterocycles. The van der Waals surface area contributed by atoms with Crippen LogP contribution < -0.4 is 18.9 Å². The lowest BCUT2D eigenvalue weighted by Gasteiger charge is -2.44. The molecule has 0 aromatic heterocycles. The molecule has 0 bridgehead atoms. The van der Waals surface area contributed by atoms with Gasteiger partial charge in [0, 0.05) is 36.6 Å². The Kier molecular flexibility index (Phi) is 4.53. The van der Waals surface area contributed by atoms with E-state index in [9.17, 15) is 0 Å². The summed E-state index contributed by atoms with van der Waals surface area (Å²) in [6.07, 6.45) is -0.0204. The first-order valence-electron chi connectivity index (χ1n) is 9.80. The number of hydrogen-bond acceptors (Lipinski definition) is 6. The number of hydrogen-bond donors (Lipinski definition) is 0. The molecule has 0 aliphatic carbocycles. The Morgan fingerprint density at radius 2 is 1.79 bits per heavy atom. The minimum Gasteiger partial charge on any atom is -0.497 e. The van der Waals surface area contributed by atoms with Crippen LogP contribution in [-0.2, 0) is 4.74 Å². The van der Waals surface area contributed by atoms with Crippen molar-refractivity contribution in [2.75, 3.05) is 40.2 Å². The van der Waals surface area contributed by atoms with Gasteiger partial charge in [-0.2, -0.15) is 0 Å². The van der Waals surface area contributed by atoms with Crippen molar-refractivity contribution in [3.05, 3.63) is 47.5 Å². The molecule has 148 valence electrons. The van der Waals surface area contributed by atoms with E-state index in [1.807, 2.05) is 18.2 Å². The van der Waals surface area contributed by atoms with Crippen LogP contribution in [0.4, 0.5) is 0 Å². The summed E-state index contributed by atoms with van der Waals surface area (Å²) in [6, 6.07) is 12.4. The molecule has 2 aromatic carbocycles. The summed E-state index contributed by atoms with van der Waals surface area (Å²) in [4.78, 5) is 2.38. The van der Waals surface area contributed by atoms with E-state index in [0.717, 1.165) is 54.9 Å². The lowest BCUT2D eigenvalue weighted by molar-refractivity contribution is -0.0784. The maximum atomic E-state index is 6.52. The van der Waals surface area contributed by atoms with Crippen molar-refractivity contribution in [2.24, 2.45) is 5.92 Å².